The first-order valence-electron chi connectivity index (χ1n) is 20.5. The molecule has 59 heavy (non-hydrogen) atoms. The Bertz CT molecular complexity index is 3340. The van der Waals surface area contributed by atoms with Gasteiger partial charge in [0.2, 0.25) is 0 Å². The molecule has 0 unspecified atom stereocenters. The van der Waals surface area contributed by atoms with E-state index >= 15 is 0 Å². The molecule has 0 bridgehead atoms. The summed E-state index contributed by atoms with van der Waals surface area (Å²) in [6.45, 7) is 9.16. The van der Waals surface area contributed by atoms with E-state index in [-0.39, 0.29) is 5.41 Å². The molecule has 0 spiro atoms. The van der Waals surface area contributed by atoms with Crippen LogP contribution in [0, 0.1) is 0 Å². The number of benzene rings is 8. The monoisotopic (exact) mass is 758 g/mol. The Balaban J connectivity index is 1.02. The van der Waals surface area contributed by atoms with E-state index in [2.05, 4.69) is 182 Å². The lowest BCUT2D eigenvalue weighted by Crippen LogP contribution is -2.15. The largest absolute Gasteiger partial charge is 0.312 e. The highest BCUT2D eigenvalue weighted by Gasteiger charge is 2.35. The standard InChI is InChI=1S/C55H42N4/c1-55(2)48-24-14-13-21-43(48)44-30-25-35(31-49(44)55)34-57-54(36-15-5-4-6-16-36)58-53(56-3)37-26-28-40(29-27-37)59-50-33-39-18-8-7-17-38(39)32-47(50)51-45-22-11-9-19-41(45)42-20-10-12-23-46(42)52(51)59/h4-26,28,30-33H,3,27,29,34H2,1-2H3. The van der Waals surface area contributed by atoms with E-state index in [0.29, 0.717) is 18.2 Å². The Labute approximate surface area is 343 Å². The van der Waals surface area contributed by atoms with Gasteiger partial charge in [0.25, 0.3) is 0 Å². The Hall–Kier alpha value is -7.17. The quantitative estimate of drug-likeness (QED) is 0.0953. The molecule has 11 rings (SSSR count). The van der Waals surface area contributed by atoms with Gasteiger partial charge in [-0.2, -0.15) is 0 Å². The molecule has 4 nitrogen and oxygen atoms in total. The van der Waals surface area contributed by atoms with Crippen molar-refractivity contribution in [2.24, 2.45) is 15.0 Å². The molecule has 9 aromatic rings. The number of hydrogen-bond donors (Lipinski definition) is 0. The van der Waals surface area contributed by atoms with Crippen molar-refractivity contribution < 1.29 is 0 Å². The molecule has 282 valence electrons. The van der Waals surface area contributed by atoms with E-state index < -0.39 is 0 Å². The third kappa shape index (κ3) is 5.62. The molecule has 8 aromatic carbocycles. The molecule has 0 N–H and O–H groups in total. The van der Waals surface area contributed by atoms with Crippen LogP contribution in [0.1, 0.15) is 48.9 Å². The van der Waals surface area contributed by atoms with Crippen LogP contribution < -0.4 is 0 Å². The second-order valence-electron chi connectivity index (χ2n) is 16.4. The summed E-state index contributed by atoms with van der Waals surface area (Å²) in [6, 6.07) is 57.0. The van der Waals surface area contributed by atoms with E-state index in [0.717, 1.165) is 29.5 Å². The van der Waals surface area contributed by atoms with Crippen molar-refractivity contribution >= 4 is 78.2 Å². The van der Waals surface area contributed by atoms with Gasteiger partial charge in [-0.1, -0.05) is 166 Å². The Kier molecular flexibility index (Phi) is 8.16. The number of aliphatic imine (C=N–C) groups is 3. The first-order valence-corrected chi connectivity index (χ1v) is 20.5. The SMILES string of the molecule is C=NC(=NC(=NCc1ccc2c(c1)C(C)(C)c1ccccc1-2)c1ccccc1)C1=CC=C(n2c3cc4ccccc4cc3c3c4ccccc4c4ccccc4c32)CC1. The maximum Gasteiger partial charge on any atom is 0.157 e. The molecule has 1 aromatic heterocycles. The van der Waals surface area contributed by atoms with Gasteiger partial charge in [-0.05, 0) is 98.1 Å². The van der Waals surface area contributed by atoms with Crippen LogP contribution >= 0.6 is 0 Å². The van der Waals surface area contributed by atoms with Gasteiger partial charge in [-0.25, -0.2) is 9.98 Å². The van der Waals surface area contributed by atoms with Gasteiger partial charge >= 0.3 is 0 Å². The summed E-state index contributed by atoms with van der Waals surface area (Å²) in [7, 11) is 0. The van der Waals surface area contributed by atoms with E-state index in [1.807, 2.05) is 18.2 Å². The molecule has 1 heterocycles. The minimum Gasteiger partial charge on any atom is -0.312 e. The second kappa shape index (κ2) is 13.7. The molecule has 0 saturated carbocycles. The van der Waals surface area contributed by atoms with Crippen LogP contribution in [0.4, 0.5) is 0 Å². The first kappa shape index (κ1) is 35.0. The minimum atomic E-state index is -0.0697. The molecular formula is C55H42N4. The molecular weight excluding hydrogens is 717 g/mol. The van der Waals surface area contributed by atoms with Crippen LogP contribution in [0.5, 0.6) is 0 Å². The predicted molar refractivity (Wildman–Crippen MR) is 251 cm³/mol. The van der Waals surface area contributed by atoms with Crippen molar-refractivity contribution in [3.8, 4) is 11.1 Å². The lowest BCUT2D eigenvalue weighted by Gasteiger charge is -2.21. The highest BCUT2D eigenvalue weighted by atomic mass is 15.0. The highest BCUT2D eigenvalue weighted by molar-refractivity contribution is 6.33. The van der Waals surface area contributed by atoms with Gasteiger partial charge in [-0.15, -0.1) is 0 Å². The smallest absolute Gasteiger partial charge is 0.157 e. The number of rotatable bonds is 5. The third-order valence-corrected chi connectivity index (χ3v) is 12.7. The fourth-order valence-electron chi connectivity index (χ4n) is 9.76. The van der Waals surface area contributed by atoms with Gasteiger partial charge in [0.15, 0.2) is 11.7 Å². The minimum absolute atomic E-state index is 0.0697. The van der Waals surface area contributed by atoms with Gasteiger partial charge < -0.3 is 4.57 Å². The Morgan fingerprint density at radius 1 is 0.593 bits per heavy atom. The summed E-state index contributed by atoms with van der Waals surface area (Å²) in [6.07, 6.45) is 6.04. The average molecular weight is 759 g/mol. The van der Waals surface area contributed by atoms with Gasteiger partial charge in [0, 0.05) is 32.8 Å². The number of hydrogen-bond acceptors (Lipinski definition) is 1. The van der Waals surface area contributed by atoms with Gasteiger partial charge in [0.05, 0.1) is 17.6 Å². The normalized spacial score (nSPS) is 15.2. The fraction of sp³-hybridized carbons (Fsp3) is 0.109. The van der Waals surface area contributed by atoms with E-state index in [9.17, 15) is 0 Å². The molecule has 0 radical (unpaired) electrons. The number of allylic oxidation sites excluding steroid dienone is 3. The van der Waals surface area contributed by atoms with Crippen molar-refractivity contribution in [2.45, 2.75) is 38.6 Å². The zero-order chi connectivity index (χ0) is 39.7. The van der Waals surface area contributed by atoms with Gasteiger partial charge in [-0.3, -0.25) is 4.99 Å². The summed E-state index contributed by atoms with van der Waals surface area (Å²) in [4.78, 5) is 14.9. The number of amidine groups is 2. The molecule has 0 saturated heterocycles. The Morgan fingerprint density at radius 3 is 2.02 bits per heavy atom. The number of fused-ring (bicyclic) bond motifs is 12. The lowest BCUT2D eigenvalue weighted by molar-refractivity contribution is 0.659. The zero-order valence-corrected chi connectivity index (χ0v) is 33.3. The summed E-state index contributed by atoms with van der Waals surface area (Å²) in [5.41, 5.74) is 12.2. The van der Waals surface area contributed by atoms with Crippen molar-refractivity contribution in [2.75, 3.05) is 0 Å². The number of nitrogens with zero attached hydrogens (tertiary/aromatic N) is 4. The maximum atomic E-state index is 5.17. The van der Waals surface area contributed by atoms with Crippen LogP contribution in [0.2, 0.25) is 0 Å². The third-order valence-electron chi connectivity index (χ3n) is 12.7. The molecule has 0 fully saturated rings. The second-order valence-corrected chi connectivity index (χ2v) is 16.4. The van der Waals surface area contributed by atoms with Crippen LogP contribution in [-0.2, 0) is 12.0 Å². The summed E-state index contributed by atoms with van der Waals surface area (Å²) >= 11 is 0. The molecule has 2 aliphatic rings. The number of aromatic nitrogens is 1. The lowest BCUT2D eigenvalue weighted by atomic mass is 9.82. The van der Waals surface area contributed by atoms with Crippen LogP contribution in [0.25, 0.3) is 70.9 Å². The molecule has 4 heteroatoms. The maximum absolute atomic E-state index is 5.17. The molecule has 0 amide bonds. The van der Waals surface area contributed by atoms with Crippen molar-refractivity contribution in [3.63, 3.8) is 0 Å². The molecule has 0 aliphatic heterocycles. The van der Waals surface area contributed by atoms with Crippen LogP contribution in [0.15, 0.2) is 190 Å². The van der Waals surface area contributed by atoms with E-state index in [4.69, 9.17) is 9.98 Å². The molecule has 2 aliphatic carbocycles. The highest BCUT2D eigenvalue weighted by Crippen LogP contribution is 2.49. The molecule has 0 atom stereocenters. The summed E-state index contributed by atoms with van der Waals surface area (Å²) < 4.78 is 2.52. The Morgan fingerprint density at radius 2 is 1.25 bits per heavy atom. The van der Waals surface area contributed by atoms with E-state index in [1.165, 1.54) is 82.1 Å². The van der Waals surface area contributed by atoms with Crippen LogP contribution in [-0.4, -0.2) is 23.0 Å². The average Bonchev–Trinajstić information content (AvgIpc) is 3.74. The predicted octanol–water partition coefficient (Wildman–Crippen LogP) is 13.9. The summed E-state index contributed by atoms with van der Waals surface area (Å²) in [5.74, 6) is 1.26. The van der Waals surface area contributed by atoms with E-state index in [1.54, 1.807) is 0 Å². The topological polar surface area (TPSA) is 42.0 Å². The van der Waals surface area contributed by atoms with Gasteiger partial charge in [0.1, 0.15) is 0 Å². The van der Waals surface area contributed by atoms with Crippen molar-refractivity contribution in [3.05, 3.63) is 198 Å². The van der Waals surface area contributed by atoms with Crippen molar-refractivity contribution in [1.29, 1.82) is 0 Å². The van der Waals surface area contributed by atoms with Crippen molar-refractivity contribution in [1.82, 2.24) is 4.57 Å². The first-order chi connectivity index (χ1) is 29.0. The zero-order valence-electron chi connectivity index (χ0n) is 33.3. The van der Waals surface area contributed by atoms with Crippen LogP contribution in [0.3, 0.4) is 0 Å². The summed E-state index contributed by atoms with van der Waals surface area (Å²) in [5, 5.41) is 10.1. The fourth-order valence-corrected chi connectivity index (χ4v) is 9.76.